The molecule has 4 heteroatoms. The molecule has 0 aliphatic carbocycles. The highest BCUT2D eigenvalue weighted by Crippen LogP contribution is 2.64. The third kappa shape index (κ3) is 8.15. The zero-order valence-corrected chi connectivity index (χ0v) is 29.2. The van der Waals surface area contributed by atoms with E-state index in [4.69, 9.17) is 11.6 Å². The molecule has 212 valence electrons. The van der Waals surface area contributed by atoms with Gasteiger partial charge in [0.15, 0.2) is 0 Å². The highest BCUT2D eigenvalue weighted by molar-refractivity contribution is 7.60. The molecule has 0 heterocycles. The number of halogens is 1. The fourth-order valence-corrected chi connectivity index (χ4v) is 13.3. The molecule has 2 rings (SSSR count). The van der Waals surface area contributed by atoms with Crippen molar-refractivity contribution in [1.29, 1.82) is 0 Å². The van der Waals surface area contributed by atoms with Crippen LogP contribution in [0.5, 0.6) is 0 Å². The lowest BCUT2D eigenvalue weighted by Gasteiger charge is -2.44. The Hall–Kier alpha value is -0.740. The van der Waals surface area contributed by atoms with Gasteiger partial charge in [-0.05, 0) is 72.9 Å². The Morgan fingerprint density at radius 3 is 1.47 bits per heavy atom. The average Bonchev–Trinajstić information content (AvgIpc) is 2.72. The summed E-state index contributed by atoms with van der Waals surface area (Å²) >= 11 is 6.04. The largest absolute Gasteiger partial charge is 0.276 e. The smallest absolute Gasteiger partial charge is 0.252 e. The summed E-state index contributed by atoms with van der Waals surface area (Å²) in [6.45, 7) is 33.4. The minimum atomic E-state index is -0.393. The minimum Gasteiger partial charge on any atom is -0.276 e. The molecule has 0 aliphatic heterocycles. The Morgan fingerprint density at radius 2 is 1.05 bits per heavy atom. The number of carbonyl (C=O) groups is 1. The maximum absolute atomic E-state index is 12.3. The third-order valence-corrected chi connectivity index (χ3v) is 15.6. The van der Waals surface area contributed by atoms with Gasteiger partial charge in [-0.1, -0.05) is 149 Å². The van der Waals surface area contributed by atoms with Crippen molar-refractivity contribution in [2.75, 3.05) is 0 Å². The first-order valence-electron chi connectivity index (χ1n) is 13.9. The molecule has 0 amide bonds. The fourth-order valence-electron chi connectivity index (χ4n) is 5.97. The van der Waals surface area contributed by atoms with Crippen molar-refractivity contribution in [3.63, 3.8) is 0 Å². The van der Waals surface area contributed by atoms with Gasteiger partial charge in [0.05, 0.1) is 0 Å². The number of benzene rings is 2. The summed E-state index contributed by atoms with van der Waals surface area (Å²) in [5.41, 5.74) is 5.47. The van der Waals surface area contributed by atoms with E-state index < -0.39 is 5.24 Å². The molecule has 0 saturated carbocycles. The van der Waals surface area contributed by atoms with Gasteiger partial charge in [0.1, 0.15) is 0 Å². The van der Waals surface area contributed by atoms with Gasteiger partial charge in [0, 0.05) is 11.0 Å². The molecule has 0 saturated heterocycles. The fraction of sp³-hybridized carbons (Fsp3) is 0.618. The third-order valence-electron chi connectivity index (χ3n) is 7.64. The zero-order chi connectivity index (χ0) is 29.5. The molecule has 0 bridgehead atoms. The van der Waals surface area contributed by atoms with Gasteiger partial charge in [-0.25, -0.2) is 0 Å². The van der Waals surface area contributed by atoms with Crippen molar-refractivity contribution in [3.05, 3.63) is 70.3 Å². The van der Waals surface area contributed by atoms with Crippen molar-refractivity contribution >= 4 is 32.7 Å². The standard InChI is InChI=1S/C34H53ClOP2/c1-30(2,3)37(31(4,5)6)22-24-19-20-26(21-25(24)23-38(32(7,8)9)33(10,11)12)34(13,14)28-18-16-15-17-27(28)29(35)36/h15-21H,22-23H2,1-14H3. The van der Waals surface area contributed by atoms with Gasteiger partial charge in [-0.15, -0.1) is 0 Å². The topological polar surface area (TPSA) is 17.1 Å². The predicted octanol–water partition coefficient (Wildman–Crippen LogP) is 11.5. The monoisotopic (exact) mass is 574 g/mol. The first kappa shape index (κ1) is 33.5. The summed E-state index contributed by atoms with van der Waals surface area (Å²) in [6, 6.07) is 15.0. The number of hydrogen-bond acceptors (Lipinski definition) is 1. The summed E-state index contributed by atoms with van der Waals surface area (Å²) < 4.78 is 0. The lowest BCUT2D eigenvalue weighted by Crippen LogP contribution is -2.28. The first-order valence-corrected chi connectivity index (χ1v) is 17.4. The number of hydrogen-bond donors (Lipinski definition) is 0. The molecular formula is C34H53ClOP2. The van der Waals surface area contributed by atoms with Crippen molar-refractivity contribution in [2.24, 2.45) is 0 Å². The summed E-state index contributed by atoms with van der Waals surface area (Å²) in [7, 11) is -0.570. The Morgan fingerprint density at radius 1 is 0.632 bits per heavy atom. The normalized spacial score (nSPS) is 13.9. The van der Waals surface area contributed by atoms with Crippen molar-refractivity contribution < 1.29 is 4.79 Å². The number of rotatable bonds is 7. The van der Waals surface area contributed by atoms with Gasteiger partial charge in [0.25, 0.3) is 5.24 Å². The first-order chi connectivity index (χ1) is 17.0. The van der Waals surface area contributed by atoms with E-state index in [-0.39, 0.29) is 41.9 Å². The van der Waals surface area contributed by atoms with Crippen LogP contribution in [0, 0.1) is 0 Å². The molecule has 0 N–H and O–H groups in total. The summed E-state index contributed by atoms with van der Waals surface area (Å²) in [4.78, 5) is 12.3. The predicted molar refractivity (Wildman–Crippen MR) is 175 cm³/mol. The lowest BCUT2D eigenvalue weighted by molar-refractivity contribution is 0.107. The molecule has 0 atom stereocenters. The maximum atomic E-state index is 12.3. The van der Waals surface area contributed by atoms with E-state index in [2.05, 4.69) is 121 Å². The Balaban J connectivity index is 2.77. The zero-order valence-electron chi connectivity index (χ0n) is 26.6. The van der Waals surface area contributed by atoms with Gasteiger partial charge < -0.3 is 0 Å². The van der Waals surface area contributed by atoms with E-state index in [9.17, 15) is 4.79 Å². The van der Waals surface area contributed by atoms with Crippen molar-refractivity contribution in [2.45, 2.75) is 135 Å². The van der Waals surface area contributed by atoms with E-state index in [1.165, 1.54) is 16.7 Å². The molecule has 0 aliphatic rings. The van der Waals surface area contributed by atoms with Crippen LogP contribution >= 0.6 is 27.4 Å². The van der Waals surface area contributed by atoms with Crippen LogP contribution in [-0.4, -0.2) is 25.9 Å². The van der Waals surface area contributed by atoms with Crippen LogP contribution in [0.3, 0.4) is 0 Å². The van der Waals surface area contributed by atoms with Crippen LogP contribution in [-0.2, 0) is 17.7 Å². The van der Waals surface area contributed by atoms with Crippen LogP contribution in [0.4, 0.5) is 0 Å². The molecule has 2 aromatic carbocycles. The molecule has 2 aromatic rings. The van der Waals surface area contributed by atoms with Crippen molar-refractivity contribution in [1.82, 2.24) is 0 Å². The minimum absolute atomic E-state index is 0.243. The Kier molecular flexibility index (Phi) is 10.2. The Bertz CT molecular complexity index is 1090. The molecule has 0 radical (unpaired) electrons. The van der Waals surface area contributed by atoms with Gasteiger partial charge in [-0.3, -0.25) is 4.79 Å². The van der Waals surface area contributed by atoms with E-state index >= 15 is 0 Å². The maximum Gasteiger partial charge on any atom is 0.252 e. The van der Waals surface area contributed by atoms with E-state index in [0.717, 1.165) is 17.9 Å². The van der Waals surface area contributed by atoms with Crippen LogP contribution in [0.1, 0.15) is 130 Å². The molecule has 0 unspecified atom stereocenters. The van der Waals surface area contributed by atoms with Gasteiger partial charge >= 0.3 is 0 Å². The highest BCUT2D eigenvalue weighted by atomic mass is 35.5. The van der Waals surface area contributed by atoms with Crippen LogP contribution in [0.2, 0.25) is 0 Å². The van der Waals surface area contributed by atoms with E-state index in [1.807, 2.05) is 18.2 Å². The highest BCUT2D eigenvalue weighted by Gasteiger charge is 2.38. The van der Waals surface area contributed by atoms with Gasteiger partial charge in [0.2, 0.25) is 0 Å². The lowest BCUT2D eigenvalue weighted by atomic mass is 9.75. The Labute approximate surface area is 242 Å². The SMILES string of the molecule is CC(C)(c1ccc(CP(C(C)(C)C)C(C)(C)C)c(CP(C(C)(C)C)C(C)(C)C)c1)c1ccccc1C(=O)Cl. The molecule has 0 aromatic heterocycles. The molecular weight excluding hydrogens is 522 g/mol. The molecule has 0 fully saturated rings. The second-order valence-corrected chi connectivity index (χ2v) is 23.3. The number of carbonyl (C=O) groups excluding carboxylic acids is 1. The summed E-state index contributed by atoms with van der Waals surface area (Å²) in [5.74, 6) is 0. The van der Waals surface area contributed by atoms with Crippen LogP contribution < -0.4 is 0 Å². The van der Waals surface area contributed by atoms with E-state index in [0.29, 0.717) is 5.56 Å². The summed E-state index contributed by atoms with van der Waals surface area (Å²) in [5, 5.41) is 0.623. The molecule has 0 spiro atoms. The summed E-state index contributed by atoms with van der Waals surface area (Å²) in [6.07, 6.45) is 2.24. The molecule has 1 nitrogen and oxygen atoms in total. The van der Waals surface area contributed by atoms with E-state index in [1.54, 1.807) is 0 Å². The molecule has 38 heavy (non-hydrogen) atoms. The van der Waals surface area contributed by atoms with Gasteiger partial charge in [-0.2, -0.15) is 0 Å². The quantitative estimate of drug-likeness (QED) is 0.237. The van der Waals surface area contributed by atoms with Crippen LogP contribution in [0.25, 0.3) is 0 Å². The van der Waals surface area contributed by atoms with Crippen molar-refractivity contribution in [3.8, 4) is 0 Å². The second-order valence-electron chi connectivity index (χ2n) is 15.3. The second kappa shape index (κ2) is 11.6. The average molecular weight is 575 g/mol. The van der Waals surface area contributed by atoms with Crippen LogP contribution in [0.15, 0.2) is 42.5 Å².